The molecule has 0 aliphatic carbocycles. The first-order valence-corrected chi connectivity index (χ1v) is 13.8. The zero-order valence-electron chi connectivity index (χ0n) is 19.3. The van der Waals surface area contributed by atoms with Gasteiger partial charge >= 0.3 is 12.1 Å². The number of carbonyl (C=O) groups excluding carboxylic acids is 2. The van der Waals surface area contributed by atoms with E-state index in [2.05, 4.69) is 36.4 Å². The smallest absolute Gasteiger partial charge is 0.407 e. The Bertz CT molecular complexity index is 781. The van der Waals surface area contributed by atoms with Crippen molar-refractivity contribution in [1.29, 1.82) is 0 Å². The molecule has 1 aromatic rings. The normalized spacial score (nSPS) is 11.2. The van der Waals surface area contributed by atoms with E-state index in [9.17, 15) is 9.59 Å². The topological polar surface area (TPSA) is 73.9 Å². The summed E-state index contributed by atoms with van der Waals surface area (Å²) in [5.41, 5.74) is 4.45. The first-order chi connectivity index (χ1) is 13.9. The van der Waals surface area contributed by atoms with Crippen molar-refractivity contribution < 1.29 is 23.8 Å². The molecule has 0 aromatic heterocycles. The van der Waals surface area contributed by atoms with Gasteiger partial charge < -0.3 is 19.5 Å². The second kappa shape index (κ2) is 11.7. The number of esters is 1. The van der Waals surface area contributed by atoms with Crippen molar-refractivity contribution in [2.75, 3.05) is 13.2 Å². The highest BCUT2D eigenvalue weighted by atomic mass is 28.3. The molecule has 1 N–H and O–H groups in total. The van der Waals surface area contributed by atoms with Crippen molar-refractivity contribution in [2.45, 2.75) is 72.3 Å². The Labute approximate surface area is 181 Å². The summed E-state index contributed by atoms with van der Waals surface area (Å²) < 4.78 is 16.1. The third-order valence-corrected chi connectivity index (χ3v) is 4.43. The van der Waals surface area contributed by atoms with Crippen LogP contribution in [0.1, 0.15) is 51.7 Å². The predicted molar refractivity (Wildman–Crippen MR) is 121 cm³/mol. The van der Waals surface area contributed by atoms with E-state index in [4.69, 9.17) is 14.2 Å². The van der Waals surface area contributed by atoms with Crippen LogP contribution in [0.25, 0.3) is 0 Å². The van der Waals surface area contributed by atoms with Crippen LogP contribution in [0.4, 0.5) is 4.79 Å². The minimum absolute atomic E-state index is 0.234. The van der Waals surface area contributed by atoms with Crippen molar-refractivity contribution >= 4 is 20.1 Å². The number of amides is 1. The first kappa shape index (κ1) is 25.6. The molecule has 0 saturated heterocycles. The summed E-state index contributed by atoms with van der Waals surface area (Å²) in [6.07, 6.45) is 0.357. The van der Waals surface area contributed by atoms with Crippen LogP contribution in [-0.2, 0) is 20.8 Å². The monoisotopic (exact) mass is 433 g/mol. The molecule has 0 aliphatic heterocycles. The van der Waals surface area contributed by atoms with Gasteiger partial charge in [-0.05, 0) is 46.2 Å². The number of rotatable bonds is 8. The summed E-state index contributed by atoms with van der Waals surface area (Å²) in [7, 11) is -1.50. The minimum Gasteiger partial charge on any atom is -0.493 e. The predicted octanol–water partition coefficient (Wildman–Crippen LogP) is 4.66. The zero-order chi connectivity index (χ0) is 22.8. The molecule has 1 amide bonds. The molecule has 0 heterocycles. The van der Waals surface area contributed by atoms with Gasteiger partial charge in [-0.1, -0.05) is 31.6 Å². The maximum Gasteiger partial charge on any atom is 0.407 e. The van der Waals surface area contributed by atoms with Gasteiger partial charge in [0.15, 0.2) is 0 Å². The van der Waals surface area contributed by atoms with Gasteiger partial charge in [-0.3, -0.25) is 4.79 Å². The molecule has 0 saturated carbocycles. The Morgan fingerprint density at radius 3 is 2.47 bits per heavy atom. The van der Waals surface area contributed by atoms with Crippen LogP contribution in [0, 0.1) is 11.5 Å². The van der Waals surface area contributed by atoms with Crippen molar-refractivity contribution in [3.8, 4) is 17.2 Å². The van der Waals surface area contributed by atoms with Crippen LogP contribution in [0.2, 0.25) is 19.6 Å². The molecule has 0 bridgehead atoms. The standard InChI is InChI=1S/C23H35NO5Si/c1-8-27-21(25)10-9-14-28-20-16-18(13-15-30(5,6)7)11-12-19(20)17-24-22(26)29-23(2,3)4/h11-12,16H,8-10,14,17H2,1-7H3,(H,24,26). The van der Waals surface area contributed by atoms with E-state index in [1.54, 1.807) is 6.92 Å². The van der Waals surface area contributed by atoms with Crippen LogP contribution in [-0.4, -0.2) is 39.0 Å². The summed E-state index contributed by atoms with van der Waals surface area (Å²) in [5.74, 6) is 3.62. The summed E-state index contributed by atoms with van der Waals surface area (Å²) in [5, 5.41) is 2.75. The van der Waals surface area contributed by atoms with Gasteiger partial charge in [-0.15, -0.1) is 5.54 Å². The summed E-state index contributed by atoms with van der Waals surface area (Å²) in [6, 6.07) is 5.70. The Balaban J connectivity index is 2.87. The van der Waals surface area contributed by atoms with Crippen molar-refractivity contribution in [2.24, 2.45) is 0 Å². The van der Waals surface area contributed by atoms with Crippen molar-refractivity contribution in [3.63, 3.8) is 0 Å². The van der Waals surface area contributed by atoms with Gasteiger partial charge in [-0.2, -0.15) is 0 Å². The second-order valence-electron chi connectivity index (χ2n) is 8.93. The van der Waals surface area contributed by atoms with E-state index in [-0.39, 0.29) is 12.5 Å². The summed E-state index contributed by atoms with van der Waals surface area (Å²) in [4.78, 5) is 23.5. The van der Waals surface area contributed by atoms with Gasteiger partial charge in [0.1, 0.15) is 19.4 Å². The quantitative estimate of drug-likeness (QED) is 0.279. The Morgan fingerprint density at radius 2 is 1.87 bits per heavy atom. The highest BCUT2D eigenvalue weighted by Gasteiger charge is 2.16. The second-order valence-corrected chi connectivity index (χ2v) is 13.7. The average molecular weight is 434 g/mol. The fourth-order valence-electron chi connectivity index (χ4n) is 2.29. The van der Waals surface area contributed by atoms with E-state index in [1.165, 1.54) is 0 Å². The fourth-order valence-corrected chi connectivity index (χ4v) is 2.81. The SMILES string of the molecule is CCOC(=O)CCCOc1cc(C#C[Si](C)(C)C)ccc1CNC(=O)OC(C)(C)C. The van der Waals surface area contributed by atoms with E-state index < -0.39 is 19.8 Å². The molecule has 0 fully saturated rings. The van der Waals surface area contributed by atoms with Gasteiger partial charge in [0.25, 0.3) is 0 Å². The lowest BCUT2D eigenvalue weighted by Gasteiger charge is -2.20. The first-order valence-electron chi connectivity index (χ1n) is 10.3. The molecular weight excluding hydrogens is 398 g/mol. The van der Waals surface area contributed by atoms with Crippen LogP contribution in [0.15, 0.2) is 18.2 Å². The van der Waals surface area contributed by atoms with Crippen molar-refractivity contribution in [3.05, 3.63) is 29.3 Å². The number of alkyl carbamates (subject to hydrolysis) is 1. The number of hydrogen-bond donors (Lipinski definition) is 1. The Kier molecular flexibility index (Phi) is 9.93. The minimum atomic E-state index is -1.50. The van der Waals surface area contributed by atoms with E-state index >= 15 is 0 Å². The lowest BCUT2D eigenvalue weighted by atomic mass is 10.1. The summed E-state index contributed by atoms with van der Waals surface area (Å²) in [6.45, 7) is 14.8. The number of nitrogens with one attached hydrogen (secondary N) is 1. The molecule has 1 rings (SSSR count). The van der Waals surface area contributed by atoms with Gasteiger partial charge in [0.2, 0.25) is 0 Å². The van der Waals surface area contributed by atoms with E-state index in [0.717, 1.165) is 11.1 Å². The van der Waals surface area contributed by atoms with E-state index in [0.29, 0.717) is 31.8 Å². The molecule has 6 nitrogen and oxygen atoms in total. The number of carbonyl (C=O) groups is 2. The maximum atomic E-state index is 12.0. The number of hydrogen-bond acceptors (Lipinski definition) is 5. The van der Waals surface area contributed by atoms with Crippen molar-refractivity contribution in [1.82, 2.24) is 5.32 Å². The average Bonchev–Trinajstić information content (AvgIpc) is 2.61. The third kappa shape index (κ3) is 11.5. The van der Waals surface area contributed by atoms with E-state index in [1.807, 2.05) is 39.0 Å². The molecule has 166 valence electrons. The molecular formula is C23H35NO5Si. The Morgan fingerprint density at radius 1 is 1.17 bits per heavy atom. The van der Waals surface area contributed by atoms with Crippen LogP contribution in [0.3, 0.4) is 0 Å². The van der Waals surface area contributed by atoms with Gasteiger partial charge in [0, 0.05) is 24.1 Å². The maximum absolute atomic E-state index is 12.0. The molecule has 30 heavy (non-hydrogen) atoms. The molecule has 0 atom stereocenters. The highest BCUT2D eigenvalue weighted by molar-refractivity contribution is 6.83. The largest absolute Gasteiger partial charge is 0.493 e. The van der Waals surface area contributed by atoms with Crippen LogP contribution < -0.4 is 10.1 Å². The zero-order valence-corrected chi connectivity index (χ0v) is 20.3. The molecule has 1 aromatic carbocycles. The molecule has 0 unspecified atom stereocenters. The fraction of sp³-hybridized carbons (Fsp3) is 0.565. The van der Waals surface area contributed by atoms with Gasteiger partial charge in [-0.25, -0.2) is 4.79 Å². The summed E-state index contributed by atoms with van der Waals surface area (Å²) >= 11 is 0. The lowest BCUT2D eigenvalue weighted by Crippen LogP contribution is -2.32. The van der Waals surface area contributed by atoms with Crippen LogP contribution >= 0.6 is 0 Å². The molecule has 7 heteroatoms. The number of ether oxygens (including phenoxy) is 3. The van der Waals surface area contributed by atoms with Crippen LogP contribution in [0.5, 0.6) is 5.75 Å². The van der Waals surface area contributed by atoms with Gasteiger partial charge in [0.05, 0.1) is 13.2 Å². The highest BCUT2D eigenvalue weighted by Crippen LogP contribution is 2.21. The molecule has 0 spiro atoms. The molecule has 0 aliphatic rings. The lowest BCUT2D eigenvalue weighted by molar-refractivity contribution is -0.143. The molecule has 0 radical (unpaired) electrons. The third-order valence-electron chi connectivity index (χ3n) is 3.56. The number of benzene rings is 1. The Hall–Kier alpha value is -2.46.